The molecule has 1 aromatic carbocycles. The summed E-state index contributed by atoms with van der Waals surface area (Å²) in [5.74, 6) is 0. The van der Waals surface area contributed by atoms with Gasteiger partial charge in [-0.1, -0.05) is 51.0 Å². The molecule has 2 rings (SSSR count). The third-order valence-electron chi connectivity index (χ3n) is 2.51. The van der Waals surface area contributed by atoms with Crippen LogP contribution in [0.1, 0.15) is 5.56 Å². The minimum Gasteiger partial charge on any atom is -0.339 e. The molecule has 0 aliphatic heterocycles. The van der Waals surface area contributed by atoms with E-state index in [1.165, 1.54) is 17.3 Å². The summed E-state index contributed by atoms with van der Waals surface area (Å²) in [5.41, 5.74) is 1.30. The fraction of sp³-hybridized carbons (Fsp3) is 0.286. The average molecular weight is 324 g/mol. The molecule has 0 aliphatic rings. The highest BCUT2D eigenvalue weighted by Crippen LogP contribution is 2.25. The molecule has 106 valence electrons. The van der Waals surface area contributed by atoms with Gasteiger partial charge in [0.1, 0.15) is 4.67 Å². The van der Waals surface area contributed by atoms with Gasteiger partial charge in [0.2, 0.25) is 0 Å². The minimum absolute atomic E-state index is 0.0508. The molecule has 0 bridgehead atoms. The van der Waals surface area contributed by atoms with Gasteiger partial charge < -0.3 is 4.90 Å². The number of benzene rings is 1. The van der Waals surface area contributed by atoms with E-state index >= 15 is 0 Å². The molecule has 0 radical (unpaired) electrons. The number of hydrogen-bond donors (Lipinski definition) is 0. The quantitative estimate of drug-likeness (QED) is 0.634. The van der Waals surface area contributed by atoms with Crippen LogP contribution in [-0.2, 0) is 6.42 Å². The van der Waals surface area contributed by atoms with E-state index in [4.69, 9.17) is 0 Å². The van der Waals surface area contributed by atoms with Crippen molar-refractivity contribution in [3.8, 4) is 0 Å². The number of carbonyl (C=O) groups is 1. The second kappa shape index (κ2) is 7.61. The number of amides is 1. The van der Waals surface area contributed by atoms with Crippen LogP contribution in [0.2, 0.25) is 0 Å². The van der Waals surface area contributed by atoms with Crippen molar-refractivity contribution in [2.45, 2.75) is 10.6 Å². The lowest BCUT2D eigenvalue weighted by Gasteiger charge is -2.06. The molecule has 0 atom stereocenters. The predicted molar refractivity (Wildman–Crippen MR) is 87.7 cm³/mol. The lowest BCUT2D eigenvalue weighted by atomic mass is 10.2. The number of hydrogen-bond acceptors (Lipinski definition) is 5. The summed E-state index contributed by atoms with van der Waals surface area (Å²) >= 11 is 1.26. The van der Waals surface area contributed by atoms with Gasteiger partial charge in [-0.15, -0.1) is 0 Å². The van der Waals surface area contributed by atoms with Gasteiger partial charge in [0.25, 0.3) is 5.24 Å². The van der Waals surface area contributed by atoms with Crippen molar-refractivity contribution in [3.05, 3.63) is 46.6 Å². The maximum absolute atomic E-state index is 11.6. The van der Waals surface area contributed by atoms with Crippen molar-refractivity contribution >= 4 is 37.7 Å². The van der Waals surface area contributed by atoms with Crippen LogP contribution in [0.15, 0.2) is 45.6 Å². The molecule has 3 nitrogen and oxygen atoms in total. The Bertz CT molecular complexity index is 617. The number of rotatable bonds is 4. The topological polar surface area (TPSA) is 32.7 Å². The van der Waals surface area contributed by atoms with E-state index < -0.39 is 0 Å². The van der Waals surface area contributed by atoms with Gasteiger partial charge in [-0.25, -0.2) is 0 Å². The van der Waals surface area contributed by atoms with E-state index in [2.05, 4.69) is 17.1 Å². The van der Waals surface area contributed by atoms with Crippen molar-refractivity contribution in [3.63, 3.8) is 0 Å². The van der Waals surface area contributed by atoms with Gasteiger partial charge in [0, 0.05) is 20.6 Å². The van der Waals surface area contributed by atoms with E-state index in [1.54, 1.807) is 39.7 Å². The van der Waals surface area contributed by atoms with Gasteiger partial charge >= 0.3 is 0 Å². The normalized spacial score (nSPS) is 11.6. The summed E-state index contributed by atoms with van der Waals surface area (Å²) in [7, 11) is 6.75. The molecule has 0 unspecified atom stereocenters. The Morgan fingerprint density at radius 2 is 2.00 bits per heavy atom. The average Bonchev–Trinajstić information content (AvgIpc) is 2.87. The Morgan fingerprint density at radius 1 is 1.25 bits per heavy atom. The molecule has 1 heterocycles. The highest BCUT2D eigenvalue weighted by atomic mass is 32.9. The van der Waals surface area contributed by atoms with Crippen LogP contribution in [0, 0.1) is 0 Å². The van der Waals surface area contributed by atoms with Crippen LogP contribution in [0.3, 0.4) is 0 Å². The molecule has 1 amide bonds. The minimum atomic E-state index is 0.0508. The van der Waals surface area contributed by atoms with Gasteiger partial charge in [-0.3, -0.25) is 9.79 Å². The first kappa shape index (κ1) is 15.3. The summed E-state index contributed by atoms with van der Waals surface area (Å²) in [6.07, 6.45) is 0.947. The zero-order valence-corrected chi connectivity index (χ0v) is 13.9. The van der Waals surface area contributed by atoms with Gasteiger partial charge in [-0.05, 0) is 29.8 Å². The van der Waals surface area contributed by atoms with Crippen molar-refractivity contribution in [2.75, 3.05) is 20.6 Å². The molecular formula is C14H16N2OS3. The number of thioether (sulfide) groups is 1. The molecule has 1 aromatic heterocycles. The molecule has 0 saturated heterocycles. The van der Waals surface area contributed by atoms with E-state index in [9.17, 15) is 4.79 Å². The summed E-state index contributed by atoms with van der Waals surface area (Å²) in [6, 6.07) is 12.3. The van der Waals surface area contributed by atoms with Crippen LogP contribution >= 0.6 is 32.4 Å². The highest BCUT2D eigenvalue weighted by Gasteiger charge is 2.08. The zero-order chi connectivity index (χ0) is 14.4. The molecule has 2 aromatic rings. The standard InChI is InChI=1S/C14H16N2OS3/c1-16(2)14(17)18-13-10-12(19-20-13)15-9-8-11-6-4-3-5-7-11/h3-7,10H,8-9H2,1-2H3/b15-12-. The molecule has 0 spiro atoms. The van der Waals surface area contributed by atoms with Crippen LogP contribution in [0.25, 0.3) is 0 Å². The maximum Gasteiger partial charge on any atom is 0.286 e. The molecule has 20 heavy (non-hydrogen) atoms. The fourth-order valence-corrected chi connectivity index (χ4v) is 4.69. The van der Waals surface area contributed by atoms with Gasteiger partial charge in [-0.2, -0.15) is 0 Å². The second-order valence-electron chi connectivity index (χ2n) is 4.35. The molecule has 6 heteroatoms. The smallest absolute Gasteiger partial charge is 0.286 e. The second-order valence-corrected chi connectivity index (χ2v) is 7.79. The summed E-state index contributed by atoms with van der Waals surface area (Å²) < 4.78 is 2.01. The first-order chi connectivity index (χ1) is 9.65. The molecule has 0 aliphatic carbocycles. The third-order valence-corrected chi connectivity index (χ3v) is 6.27. The maximum atomic E-state index is 11.6. The van der Waals surface area contributed by atoms with Gasteiger partial charge in [0.05, 0.1) is 4.21 Å². The lowest BCUT2D eigenvalue weighted by molar-refractivity contribution is 0.241. The van der Waals surface area contributed by atoms with Crippen molar-refractivity contribution < 1.29 is 4.79 Å². The molecule has 0 saturated carbocycles. The van der Waals surface area contributed by atoms with Crippen molar-refractivity contribution in [1.29, 1.82) is 0 Å². The third kappa shape index (κ3) is 4.77. The zero-order valence-electron chi connectivity index (χ0n) is 11.4. The Kier molecular flexibility index (Phi) is 5.82. The van der Waals surface area contributed by atoms with Crippen molar-refractivity contribution in [1.82, 2.24) is 4.90 Å². The first-order valence-electron chi connectivity index (χ1n) is 6.19. The largest absolute Gasteiger partial charge is 0.339 e. The Labute approximate surface area is 130 Å². The number of nitrogens with zero attached hydrogens (tertiary/aromatic N) is 2. The Morgan fingerprint density at radius 3 is 2.70 bits per heavy atom. The Hall–Kier alpha value is -1.11. The lowest BCUT2D eigenvalue weighted by Crippen LogP contribution is -2.15. The molecule has 0 N–H and O–H groups in total. The number of carbonyl (C=O) groups excluding carboxylic acids is 1. The van der Waals surface area contributed by atoms with Crippen LogP contribution in [-0.4, -0.2) is 30.8 Å². The van der Waals surface area contributed by atoms with Crippen LogP contribution in [0.4, 0.5) is 4.79 Å². The fourth-order valence-electron chi connectivity index (χ4n) is 1.47. The predicted octanol–water partition coefficient (Wildman–Crippen LogP) is 3.73. The monoisotopic (exact) mass is 324 g/mol. The summed E-state index contributed by atoms with van der Waals surface area (Å²) in [5, 5.41) is 0.0508. The van der Waals surface area contributed by atoms with Crippen LogP contribution in [0.5, 0.6) is 0 Å². The van der Waals surface area contributed by atoms with E-state index in [1.807, 2.05) is 24.3 Å². The van der Waals surface area contributed by atoms with Gasteiger partial charge in [0.15, 0.2) is 0 Å². The first-order valence-corrected chi connectivity index (χ1v) is 9.15. The summed E-state index contributed by atoms with van der Waals surface area (Å²) in [6.45, 7) is 0.781. The van der Waals surface area contributed by atoms with Crippen molar-refractivity contribution in [2.24, 2.45) is 4.99 Å². The highest BCUT2D eigenvalue weighted by molar-refractivity contribution is 8.15. The van der Waals surface area contributed by atoms with E-state index in [-0.39, 0.29) is 5.24 Å². The van der Waals surface area contributed by atoms with E-state index in [0.29, 0.717) is 0 Å². The molecule has 0 fully saturated rings. The Balaban J connectivity index is 1.91. The van der Waals surface area contributed by atoms with Crippen LogP contribution < -0.4 is 4.67 Å². The SMILES string of the molecule is CN(C)C(=O)Sc1c/c(=N/CCc2ccccc2)ss1. The molecular weight excluding hydrogens is 308 g/mol. The summed E-state index contributed by atoms with van der Waals surface area (Å²) in [4.78, 5) is 17.7. The van der Waals surface area contributed by atoms with E-state index in [0.717, 1.165) is 21.8 Å².